The number of hydrogen-bond acceptors (Lipinski definition) is 2. The van der Waals surface area contributed by atoms with Gasteiger partial charge in [-0.25, -0.2) is 0 Å². The first kappa shape index (κ1) is 14.9. The van der Waals surface area contributed by atoms with Gasteiger partial charge in [-0.05, 0) is 37.5 Å². The van der Waals surface area contributed by atoms with Crippen molar-refractivity contribution in [3.8, 4) is 0 Å². The number of aryl methyl sites for hydroxylation is 1. The third kappa shape index (κ3) is 4.23. The summed E-state index contributed by atoms with van der Waals surface area (Å²) < 4.78 is 0. The normalized spacial score (nSPS) is 15.1. The molecule has 5 heteroatoms. The Bertz CT molecular complexity index is 511. The lowest BCUT2D eigenvalue weighted by Gasteiger charge is -2.12. The Hall–Kier alpha value is -1.55. The van der Waals surface area contributed by atoms with Gasteiger partial charge in [-0.2, -0.15) is 0 Å². The number of anilines is 1. The van der Waals surface area contributed by atoms with Crippen LogP contribution in [0, 0.1) is 6.92 Å². The number of carbonyl (C=O) groups is 2. The van der Waals surface area contributed by atoms with E-state index in [4.69, 9.17) is 11.6 Å². The van der Waals surface area contributed by atoms with Crippen molar-refractivity contribution in [3.63, 3.8) is 0 Å². The highest BCUT2D eigenvalue weighted by molar-refractivity contribution is 6.31. The number of carbonyl (C=O) groups excluding carboxylic acids is 2. The summed E-state index contributed by atoms with van der Waals surface area (Å²) in [6, 6.07) is 5.53. The Morgan fingerprint density at radius 1 is 1.25 bits per heavy atom. The van der Waals surface area contributed by atoms with Crippen LogP contribution in [0.2, 0.25) is 5.02 Å². The van der Waals surface area contributed by atoms with E-state index in [2.05, 4.69) is 10.6 Å². The molecule has 20 heavy (non-hydrogen) atoms. The molecule has 2 amide bonds. The highest BCUT2D eigenvalue weighted by Gasteiger charge is 2.18. The second-order valence-electron chi connectivity index (χ2n) is 5.24. The van der Waals surface area contributed by atoms with Crippen LogP contribution >= 0.6 is 11.6 Å². The Morgan fingerprint density at radius 2 is 1.95 bits per heavy atom. The van der Waals surface area contributed by atoms with Crippen LogP contribution in [0.5, 0.6) is 0 Å². The Labute approximate surface area is 123 Å². The molecule has 1 aliphatic rings. The molecule has 2 rings (SSSR count). The highest BCUT2D eigenvalue weighted by Crippen LogP contribution is 2.20. The second-order valence-corrected chi connectivity index (χ2v) is 5.65. The van der Waals surface area contributed by atoms with Crippen molar-refractivity contribution in [3.05, 3.63) is 28.8 Å². The van der Waals surface area contributed by atoms with Gasteiger partial charge in [0.15, 0.2) is 0 Å². The minimum atomic E-state index is -0.319. The van der Waals surface area contributed by atoms with Crippen molar-refractivity contribution in [1.82, 2.24) is 5.32 Å². The zero-order valence-electron chi connectivity index (χ0n) is 11.5. The molecule has 0 heterocycles. The lowest BCUT2D eigenvalue weighted by atomic mass is 10.2. The smallest absolute Gasteiger partial charge is 0.233 e. The van der Waals surface area contributed by atoms with Crippen LogP contribution in [0.15, 0.2) is 18.2 Å². The van der Waals surface area contributed by atoms with Gasteiger partial charge in [0.2, 0.25) is 11.8 Å². The second kappa shape index (κ2) is 6.75. The van der Waals surface area contributed by atoms with Gasteiger partial charge in [0.25, 0.3) is 0 Å². The molecule has 0 atom stereocenters. The summed E-state index contributed by atoms with van der Waals surface area (Å²) in [4.78, 5) is 23.5. The summed E-state index contributed by atoms with van der Waals surface area (Å²) in [5.74, 6) is -0.534. The van der Waals surface area contributed by atoms with Crippen LogP contribution in [-0.2, 0) is 9.59 Å². The van der Waals surface area contributed by atoms with Crippen molar-refractivity contribution in [1.29, 1.82) is 0 Å². The fourth-order valence-electron chi connectivity index (χ4n) is 2.37. The minimum Gasteiger partial charge on any atom is -0.353 e. The molecule has 0 spiro atoms. The van der Waals surface area contributed by atoms with Crippen LogP contribution in [-0.4, -0.2) is 17.9 Å². The molecule has 0 saturated heterocycles. The molecular weight excluding hydrogens is 276 g/mol. The minimum absolute atomic E-state index is 0.151. The summed E-state index contributed by atoms with van der Waals surface area (Å²) in [5, 5.41) is 6.17. The summed E-state index contributed by atoms with van der Waals surface area (Å²) >= 11 is 5.99. The molecular formula is C15H19ClN2O2. The van der Waals surface area contributed by atoms with Gasteiger partial charge in [-0.15, -0.1) is 0 Å². The standard InChI is InChI=1S/C15H19ClN2O2/c1-10-6-7-12(8-13(10)16)18-15(20)9-14(19)17-11-4-2-3-5-11/h6-8,11H,2-5,9H2,1H3,(H,17,19)(H,18,20). The molecule has 1 aromatic rings. The van der Waals surface area contributed by atoms with Gasteiger partial charge in [-0.1, -0.05) is 30.5 Å². The average Bonchev–Trinajstić information content (AvgIpc) is 2.86. The summed E-state index contributed by atoms with van der Waals surface area (Å²) in [7, 11) is 0. The predicted molar refractivity (Wildman–Crippen MR) is 79.8 cm³/mol. The van der Waals surface area contributed by atoms with Gasteiger partial charge in [-0.3, -0.25) is 9.59 Å². The zero-order chi connectivity index (χ0) is 14.5. The maximum atomic E-state index is 11.8. The monoisotopic (exact) mass is 294 g/mol. The number of hydrogen-bond donors (Lipinski definition) is 2. The van der Waals surface area contributed by atoms with Crippen LogP contribution in [0.3, 0.4) is 0 Å². The SMILES string of the molecule is Cc1ccc(NC(=O)CC(=O)NC2CCCC2)cc1Cl. The fraction of sp³-hybridized carbons (Fsp3) is 0.467. The largest absolute Gasteiger partial charge is 0.353 e. The van der Waals surface area contributed by atoms with E-state index in [1.807, 2.05) is 13.0 Å². The zero-order valence-corrected chi connectivity index (χ0v) is 12.3. The Balaban J connectivity index is 1.82. The topological polar surface area (TPSA) is 58.2 Å². The number of benzene rings is 1. The maximum absolute atomic E-state index is 11.8. The predicted octanol–water partition coefficient (Wildman–Crippen LogP) is 3.04. The van der Waals surface area contributed by atoms with E-state index in [0.29, 0.717) is 10.7 Å². The lowest BCUT2D eigenvalue weighted by Crippen LogP contribution is -2.35. The van der Waals surface area contributed by atoms with Gasteiger partial charge in [0.1, 0.15) is 6.42 Å². The van der Waals surface area contributed by atoms with E-state index in [-0.39, 0.29) is 24.3 Å². The van der Waals surface area contributed by atoms with E-state index in [1.165, 1.54) is 0 Å². The van der Waals surface area contributed by atoms with Crippen molar-refractivity contribution in [2.75, 3.05) is 5.32 Å². The molecule has 0 bridgehead atoms. The Morgan fingerprint density at radius 3 is 2.60 bits per heavy atom. The van der Waals surface area contributed by atoms with E-state index < -0.39 is 0 Å². The van der Waals surface area contributed by atoms with Crippen LogP contribution in [0.1, 0.15) is 37.7 Å². The third-order valence-corrected chi connectivity index (χ3v) is 3.90. The molecule has 0 unspecified atom stereocenters. The number of halogens is 1. The quantitative estimate of drug-likeness (QED) is 0.839. The molecule has 0 aromatic heterocycles. The lowest BCUT2D eigenvalue weighted by molar-refractivity contribution is -0.127. The molecule has 1 aliphatic carbocycles. The van der Waals surface area contributed by atoms with Crippen LogP contribution < -0.4 is 10.6 Å². The van der Waals surface area contributed by atoms with Gasteiger partial charge in [0, 0.05) is 16.8 Å². The molecule has 108 valence electrons. The summed E-state index contributed by atoms with van der Waals surface area (Å²) in [6.07, 6.45) is 4.18. The van der Waals surface area contributed by atoms with Crippen molar-refractivity contribution < 1.29 is 9.59 Å². The number of amides is 2. The van der Waals surface area contributed by atoms with Crippen molar-refractivity contribution in [2.24, 2.45) is 0 Å². The highest BCUT2D eigenvalue weighted by atomic mass is 35.5. The van der Waals surface area contributed by atoms with Crippen molar-refractivity contribution >= 4 is 29.1 Å². The first-order valence-electron chi connectivity index (χ1n) is 6.90. The molecule has 2 N–H and O–H groups in total. The molecule has 0 aliphatic heterocycles. The van der Waals surface area contributed by atoms with Crippen LogP contribution in [0.25, 0.3) is 0 Å². The Kier molecular flexibility index (Phi) is 5.01. The molecule has 0 radical (unpaired) electrons. The fourth-order valence-corrected chi connectivity index (χ4v) is 2.55. The van der Waals surface area contributed by atoms with E-state index in [9.17, 15) is 9.59 Å². The van der Waals surface area contributed by atoms with Gasteiger partial charge >= 0.3 is 0 Å². The molecule has 4 nitrogen and oxygen atoms in total. The first-order chi connectivity index (χ1) is 9.54. The molecule has 1 aromatic carbocycles. The van der Waals surface area contributed by atoms with Crippen LogP contribution in [0.4, 0.5) is 5.69 Å². The molecule has 1 saturated carbocycles. The summed E-state index contributed by atoms with van der Waals surface area (Å²) in [5.41, 5.74) is 1.56. The van der Waals surface area contributed by atoms with E-state index >= 15 is 0 Å². The number of rotatable bonds is 4. The third-order valence-electron chi connectivity index (χ3n) is 3.50. The van der Waals surface area contributed by atoms with Crippen molar-refractivity contribution in [2.45, 2.75) is 45.1 Å². The van der Waals surface area contributed by atoms with E-state index in [1.54, 1.807) is 12.1 Å². The van der Waals surface area contributed by atoms with Gasteiger partial charge in [0.05, 0.1) is 0 Å². The first-order valence-corrected chi connectivity index (χ1v) is 7.28. The van der Waals surface area contributed by atoms with E-state index in [0.717, 1.165) is 31.2 Å². The number of nitrogens with one attached hydrogen (secondary N) is 2. The molecule has 1 fully saturated rings. The summed E-state index contributed by atoms with van der Waals surface area (Å²) in [6.45, 7) is 1.89. The average molecular weight is 295 g/mol. The maximum Gasteiger partial charge on any atom is 0.233 e. The van der Waals surface area contributed by atoms with Gasteiger partial charge < -0.3 is 10.6 Å².